The molecule has 0 aliphatic carbocycles. The molecule has 1 atom stereocenters. The third-order valence-electron chi connectivity index (χ3n) is 1.90. The van der Waals surface area contributed by atoms with E-state index in [0.717, 1.165) is 12.8 Å². The third kappa shape index (κ3) is 3.48. The van der Waals surface area contributed by atoms with Crippen molar-refractivity contribution >= 4 is 12.2 Å². The van der Waals surface area contributed by atoms with Crippen LogP contribution in [0.15, 0.2) is 0 Å². The number of aldehydes is 1. The summed E-state index contributed by atoms with van der Waals surface area (Å²) in [5, 5.41) is 0. The van der Waals surface area contributed by atoms with Gasteiger partial charge in [0, 0.05) is 13.0 Å². The molecule has 0 saturated carbocycles. The van der Waals surface area contributed by atoms with Gasteiger partial charge in [-0.2, -0.15) is 0 Å². The lowest BCUT2D eigenvalue weighted by Gasteiger charge is -2.24. The zero-order valence-corrected chi connectivity index (χ0v) is 7.62. The third-order valence-corrected chi connectivity index (χ3v) is 1.90. The first-order valence-electron chi connectivity index (χ1n) is 4.10. The Hall–Kier alpha value is -0.900. The summed E-state index contributed by atoms with van der Waals surface area (Å²) >= 11 is 0. The SMILES string of the molecule is CCN(CCC=O)C(C)C(N)=O. The lowest BCUT2D eigenvalue weighted by atomic mass is 10.2. The zero-order valence-electron chi connectivity index (χ0n) is 7.62. The second-order valence-electron chi connectivity index (χ2n) is 2.66. The molecule has 4 heteroatoms. The van der Waals surface area contributed by atoms with Crippen LogP contribution in [0.25, 0.3) is 0 Å². The van der Waals surface area contributed by atoms with Gasteiger partial charge in [-0.05, 0) is 13.5 Å². The fourth-order valence-corrected chi connectivity index (χ4v) is 1.02. The molecule has 70 valence electrons. The highest BCUT2D eigenvalue weighted by Gasteiger charge is 2.15. The summed E-state index contributed by atoms with van der Waals surface area (Å²) in [5.41, 5.74) is 5.12. The Kier molecular flexibility index (Phi) is 5.28. The van der Waals surface area contributed by atoms with Gasteiger partial charge < -0.3 is 10.5 Å². The highest BCUT2D eigenvalue weighted by Crippen LogP contribution is 1.98. The number of carbonyl (C=O) groups is 2. The van der Waals surface area contributed by atoms with Crippen molar-refractivity contribution in [1.82, 2.24) is 4.90 Å². The number of primary amides is 1. The monoisotopic (exact) mass is 172 g/mol. The highest BCUT2D eigenvalue weighted by molar-refractivity contribution is 5.79. The molecule has 0 spiro atoms. The number of amides is 1. The molecule has 0 aliphatic heterocycles. The van der Waals surface area contributed by atoms with Gasteiger partial charge >= 0.3 is 0 Å². The van der Waals surface area contributed by atoms with E-state index < -0.39 is 0 Å². The molecule has 0 aromatic rings. The lowest BCUT2D eigenvalue weighted by Crippen LogP contribution is -2.43. The molecule has 2 N–H and O–H groups in total. The molecular weight excluding hydrogens is 156 g/mol. The van der Waals surface area contributed by atoms with E-state index in [1.165, 1.54) is 0 Å². The Labute approximate surface area is 72.7 Å². The first-order chi connectivity index (χ1) is 5.63. The number of likely N-dealkylation sites (N-methyl/N-ethyl adjacent to an activating group) is 1. The molecule has 1 unspecified atom stereocenters. The minimum absolute atomic E-state index is 0.282. The summed E-state index contributed by atoms with van der Waals surface area (Å²) in [4.78, 5) is 22.7. The number of rotatable bonds is 6. The number of carbonyl (C=O) groups excluding carboxylic acids is 2. The van der Waals surface area contributed by atoms with E-state index in [1.807, 2.05) is 11.8 Å². The van der Waals surface area contributed by atoms with Gasteiger partial charge in [0.1, 0.15) is 6.29 Å². The molecular formula is C8H16N2O2. The van der Waals surface area contributed by atoms with Crippen molar-refractivity contribution in [2.24, 2.45) is 5.73 Å². The van der Waals surface area contributed by atoms with Crippen molar-refractivity contribution in [2.75, 3.05) is 13.1 Å². The Morgan fingerprint density at radius 2 is 2.25 bits per heavy atom. The van der Waals surface area contributed by atoms with Crippen molar-refractivity contribution in [3.05, 3.63) is 0 Å². The molecule has 0 aromatic carbocycles. The smallest absolute Gasteiger partial charge is 0.234 e. The summed E-state index contributed by atoms with van der Waals surface area (Å²) in [6, 6.07) is -0.282. The first-order valence-corrected chi connectivity index (χ1v) is 4.10. The average molecular weight is 172 g/mol. The van der Waals surface area contributed by atoms with Crippen LogP contribution in [0.2, 0.25) is 0 Å². The number of nitrogens with zero attached hydrogens (tertiary/aromatic N) is 1. The van der Waals surface area contributed by atoms with Crippen LogP contribution in [0.3, 0.4) is 0 Å². The average Bonchev–Trinajstić information content (AvgIpc) is 2.05. The molecule has 0 aliphatic rings. The van der Waals surface area contributed by atoms with E-state index in [-0.39, 0.29) is 11.9 Å². The normalized spacial score (nSPS) is 12.9. The van der Waals surface area contributed by atoms with Crippen molar-refractivity contribution < 1.29 is 9.59 Å². The topological polar surface area (TPSA) is 63.4 Å². The number of nitrogens with two attached hydrogens (primary N) is 1. The summed E-state index contributed by atoms with van der Waals surface area (Å²) < 4.78 is 0. The second kappa shape index (κ2) is 5.71. The van der Waals surface area contributed by atoms with E-state index in [0.29, 0.717) is 13.0 Å². The molecule has 4 nitrogen and oxygen atoms in total. The maximum absolute atomic E-state index is 10.8. The van der Waals surface area contributed by atoms with Crippen molar-refractivity contribution in [2.45, 2.75) is 26.3 Å². The molecule has 0 rings (SSSR count). The molecule has 0 heterocycles. The van der Waals surface area contributed by atoms with Gasteiger partial charge in [-0.1, -0.05) is 6.92 Å². The summed E-state index contributed by atoms with van der Waals surface area (Å²) in [7, 11) is 0. The van der Waals surface area contributed by atoms with Crippen LogP contribution in [0, 0.1) is 0 Å². The first kappa shape index (κ1) is 11.1. The highest BCUT2D eigenvalue weighted by atomic mass is 16.1. The predicted octanol–water partition coefficient (Wildman–Crippen LogP) is -0.229. The van der Waals surface area contributed by atoms with E-state index >= 15 is 0 Å². The quantitative estimate of drug-likeness (QED) is 0.563. The van der Waals surface area contributed by atoms with Crippen LogP contribution in [0.4, 0.5) is 0 Å². The summed E-state index contributed by atoms with van der Waals surface area (Å²) in [5.74, 6) is -0.345. The zero-order chi connectivity index (χ0) is 9.56. The van der Waals surface area contributed by atoms with Crippen LogP contribution in [-0.4, -0.2) is 36.2 Å². The van der Waals surface area contributed by atoms with Crippen LogP contribution in [0.5, 0.6) is 0 Å². The maximum Gasteiger partial charge on any atom is 0.234 e. The summed E-state index contributed by atoms with van der Waals surface area (Å²) in [6.07, 6.45) is 1.29. The maximum atomic E-state index is 10.8. The van der Waals surface area contributed by atoms with E-state index in [4.69, 9.17) is 5.73 Å². The Morgan fingerprint density at radius 3 is 2.58 bits per heavy atom. The van der Waals surface area contributed by atoms with Crippen molar-refractivity contribution in [1.29, 1.82) is 0 Å². The second-order valence-corrected chi connectivity index (χ2v) is 2.66. The Balaban J connectivity index is 3.95. The molecule has 12 heavy (non-hydrogen) atoms. The fourth-order valence-electron chi connectivity index (χ4n) is 1.02. The fraction of sp³-hybridized carbons (Fsp3) is 0.750. The van der Waals surface area contributed by atoms with Crippen LogP contribution < -0.4 is 5.73 Å². The molecule has 0 fully saturated rings. The predicted molar refractivity (Wildman–Crippen MR) is 46.6 cm³/mol. The van der Waals surface area contributed by atoms with E-state index in [2.05, 4.69) is 0 Å². The van der Waals surface area contributed by atoms with Gasteiger partial charge in [0.2, 0.25) is 5.91 Å². The van der Waals surface area contributed by atoms with Crippen LogP contribution in [-0.2, 0) is 9.59 Å². The Bertz CT molecular complexity index is 159. The van der Waals surface area contributed by atoms with E-state index in [9.17, 15) is 9.59 Å². The number of hydrogen-bond donors (Lipinski definition) is 1. The molecule has 0 bridgehead atoms. The standard InChI is InChI=1S/C8H16N2O2/c1-3-10(5-4-6-11)7(2)8(9)12/h6-7H,3-5H2,1-2H3,(H2,9,12). The van der Waals surface area contributed by atoms with Gasteiger partial charge in [-0.3, -0.25) is 9.69 Å². The van der Waals surface area contributed by atoms with Crippen molar-refractivity contribution in [3.8, 4) is 0 Å². The minimum Gasteiger partial charge on any atom is -0.368 e. The van der Waals surface area contributed by atoms with Crippen LogP contribution >= 0.6 is 0 Å². The molecule has 0 radical (unpaired) electrons. The molecule has 1 amide bonds. The largest absolute Gasteiger partial charge is 0.368 e. The van der Waals surface area contributed by atoms with E-state index in [1.54, 1.807) is 6.92 Å². The lowest BCUT2D eigenvalue weighted by molar-refractivity contribution is -0.123. The van der Waals surface area contributed by atoms with Crippen LogP contribution in [0.1, 0.15) is 20.3 Å². The summed E-state index contributed by atoms with van der Waals surface area (Å²) in [6.45, 7) is 5.02. The van der Waals surface area contributed by atoms with Gasteiger partial charge in [0.15, 0.2) is 0 Å². The molecule has 0 saturated heterocycles. The Morgan fingerprint density at radius 1 is 1.67 bits per heavy atom. The van der Waals surface area contributed by atoms with Gasteiger partial charge in [-0.15, -0.1) is 0 Å². The van der Waals surface area contributed by atoms with Crippen molar-refractivity contribution in [3.63, 3.8) is 0 Å². The minimum atomic E-state index is -0.345. The van der Waals surface area contributed by atoms with Gasteiger partial charge in [-0.25, -0.2) is 0 Å². The number of hydrogen-bond acceptors (Lipinski definition) is 3. The van der Waals surface area contributed by atoms with Gasteiger partial charge in [0.25, 0.3) is 0 Å². The van der Waals surface area contributed by atoms with Gasteiger partial charge in [0.05, 0.1) is 6.04 Å². The molecule has 0 aromatic heterocycles.